The van der Waals surface area contributed by atoms with Gasteiger partial charge in [0.1, 0.15) is 6.04 Å². The summed E-state index contributed by atoms with van der Waals surface area (Å²) >= 11 is 0. The van der Waals surface area contributed by atoms with Crippen molar-refractivity contribution < 1.29 is 32.4 Å². The van der Waals surface area contributed by atoms with E-state index < -0.39 is 56.2 Å². The highest BCUT2D eigenvalue weighted by molar-refractivity contribution is 7.92. The number of piperidine rings is 1. The fraction of sp³-hybridized carbons (Fsp3) is 0.816. The fourth-order valence-corrected chi connectivity index (χ4v) is 9.31. The van der Waals surface area contributed by atoms with E-state index in [9.17, 15) is 32.4 Å². The molecule has 2 aliphatic carbocycles. The molecule has 278 valence electrons. The van der Waals surface area contributed by atoms with E-state index in [2.05, 4.69) is 31.1 Å². The lowest BCUT2D eigenvalue weighted by Gasteiger charge is -2.37. The van der Waals surface area contributed by atoms with Crippen LogP contribution in [0.15, 0.2) is 12.7 Å². The molecule has 0 radical (unpaired) electrons. The Morgan fingerprint density at radius 2 is 1.65 bits per heavy atom. The van der Waals surface area contributed by atoms with E-state index in [1.807, 2.05) is 20.8 Å². The number of carbonyl (C=O) groups excluding carboxylic acids is 5. The number of nitrogens with one attached hydrogen (secondary N) is 2. The molecular weight excluding hydrogens is 642 g/mol. The molecule has 3 amide bonds. The van der Waals surface area contributed by atoms with Gasteiger partial charge >= 0.3 is 6.03 Å². The molecule has 0 aromatic rings. The van der Waals surface area contributed by atoms with Crippen LogP contribution in [0, 0.1) is 35.0 Å². The number of carbonyl (C=O) groups is 5. The third-order valence-electron chi connectivity index (χ3n) is 11.5. The SMILES string of the molecule is C=CCCC(=O)C(=O)C(CCCC)CC(=O)[C@@H]1[C@@H]2[C@H](CN1C(=O)[C@@H](NC(=O)N[C@H](CS(=O)(=O)C(C)(C)C)C(C)C)C1CCCCC1)C2(C)C. The maximum atomic E-state index is 14.6. The molecule has 10 nitrogen and oxygen atoms in total. The molecule has 2 N–H and O–H groups in total. The number of nitrogens with zero attached hydrogens (tertiary/aromatic N) is 1. The third-order valence-corrected chi connectivity index (χ3v) is 14.2. The largest absolute Gasteiger partial charge is 0.334 e. The summed E-state index contributed by atoms with van der Waals surface area (Å²) in [4.78, 5) is 70.0. The molecule has 0 bridgehead atoms. The van der Waals surface area contributed by atoms with Gasteiger partial charge in [0.25, 0.3) is 0 Å². The van der Waals surface area contributed by atoms with E-state index in [-0.39, 0.29) is 59.4 Å². The predicted molar refractivity (Wildman–Crippen MR) is 193 cm³/mol. The molecule has 2 saturated carbocycles. The van der Waals surface area contributed by atoms with Gasteiger partial charge in [0.15, 0.2) is 21.4 Å². The summed E-state index contributed by atoms with van der Waals surface area (Å²) in [6, 6.07) is -2.86. The summed E-state index contributed by atoms with van der Waals surface area (Å²) < 4.78 is 25.1. The van der Waals surface area contributed by atoms with E-state index in [0.29, 0.717) is 25.8 Å². The van der Waals surface area contributed by atoms with Crippen LogP contribution in [0.25, 0.3) is 0 Å². The minimum Gasteiger partial charge on any atom is -0.334 e. The molecule has 1 heterocycles. The van der Waals surface area contributed by atoms with Crippen LogP contribution in [-0.4, -0.2) is 77.8 Å². The first-order valence-corrected chi connectivity index (χ1v) is 20.2. The van der Waals surface area contributed by atoms with Crippen molar-refractivity contribution in [3.05, 3.63) is 12.7 Å². The first-order chi connectivity index (χ1) is 22.8. The molecule has 11 heteroatoms. The molecule has 3 aliphatic rings. The van der Waals surface area contributed by atoms with Crippen molar-refractivity contribution in [3.63, 3.8) is 0 Å². The maximum absolute atomic E-state index is 14.6. The summed E-state index contributed by atoms with van der Waals surface area (Å²) in [6.07, 6.45) is 8.37. The molecule has 49 heavy (non-hydrogen) atoms. The van der Waals surface area contributed by atoms with Crippen LogP contribution < -0.4 is 10.6 Å². The van der Waals surface area contributed by atoms with E-state index in [0.717, 1.165) is 38.5 Å². The molecule has 1 unspecified atom stereocenters. The number of likely N-dealkylation sites (tertiary alicyclic amines) is 1. The number of rotatable bonds is 18. The van der Waals surface area contributed by atoms with Crippen molar-refractivity contribution in [2.45, 2.75) is 149 Å². The second-order valence-corrected chi connectivity index (χ2v) is 19.5. The minimum absolute atomic E-state index is 0.0592. The van der Waals surface area contributed by atoms with E-state index in [4.69, 9.17) is 0 Å². The van der Waals surface area contributed by atoms with Crippen molar-refractivity contribution in [1.29, 1.82) is 0 Å². The zero-order valence-corrected chi connectivity index (χ0v) is 32.1. The summed E-state index contributed by atoms with van der Waals surface area (Å²) in [5.74, 6) is -2.68. The van der Waals surface area contributed by atoms with Crippen LogP contribution in [0.2, 0.25) is 0 Å². The maximum Gasteiger partial charge on any atom is 0.315 e. The van der Waals surface area contributed by atoms with E-state index in [1.165, 1.54) is 0 Å². The highest BCUT2D eigenvalue weighted by atomic mass is 32.2. The zero-order chi connectivity index (χ0) is 36.9. The summed E-state index contributed by atoms with van der Waals surface area (Å²) in [5.41, 5.74) is -0.145. The Labute approximate surface area is 295 Å². The molecule has 6 atom stereocenters. The molecule has 0 aromatic heterocycles. The monoisotopic (exact) mass is 705 g/mol. The zero-order valence-electron chi connectivity index (χ0n) is 31.3. The highest BCUT2D eigenvalue weighted by Gasteiger charge is 2.69. The molecular formula is C38H63N3O7S. The Balaban J connectivity index is 1.87. The van der Waals surface area contributed by atoms with Gasteiger partial charge in [0, 0.05) is 31.3 Å². The van der Waals surface area contributed by atoms with Crippen molar-refractivity contribution in [1.82, 2.24) is 15.5 Å². The van der Waals surface area contributed by atoms with Gasteiger partial charge in [-0.2, -0.15) is 0 Å². The van der Waals surface area contributed by atoms with Crippen molar-refractivity contribution >= 4 is 39.1 Å². The quantitative estimate of drug-likeness (QED) is 0.135. The Morgan fingerprint density at radius 1 is 1.02 bits per heavy atom. The Morgan fingerprint density at radius 3 is 2.20 bits per heavy atom. The number of fused-ring (bicyclic) bond motifs is 1. The second-order valence-electron chi connectivity index (χ2n) is 16.8. The fourth-order valence-electron chi connectivity index (χ4n) is 7.87. The number of Topliss-reactive ketones (excluding diaryl/α,β-unsaturated/α-hetero) is 3. The van der Waals surface area contributed by atoms with Crippen LogP contribution in [-0.2, 0) is 29.0 Å². The average molecular weight is 706 g/mol. The molecule has 1 aliphatic heterocycles. The number of allylic oxidation sites excluding steroid dienone is 1. The van der Waals surface area contributed by atoms with Gasteiger partial charge in [0.05, 0.1) is 16.5 Å². The topological polar surface area (TPSA) is 147 Å². The number of amides is 3. The van der Waals surface area contributed by atoms with Crippen LogP contribution in [0.5, 0.6) is 0 Å². The number of hydrogen-bond donors (Lipinski definition) is 2. The van der Waals surface area contributed by atoms with Crippen LogP contribution in [0.1, 0.15) is 126 Å². The van der Waals surface area contributed by atoms with Crippen LogP contribution in [0.3, 0.4) is 0 Å². The number of sulfone groups is 1. The average Bonchev–Trinajstić information content (AvgIpc) is 3.33. The lowest BCUT2D eigenvalue weighted by molar-refractivity contribution is -0.144. The highest BCUT2D eigenvalue weighted by Crippen LogP contribution is 2.65. The van der Waals surface area contributed by atoms with E-state index in [1.54, 1.807) is 31.7 Å². The van der Waals surface area contributed by atoms with E-state index >= 15 is 0 Å². The van der Waals surface area contributed by atoms with Gasteiger partial charge in [-0.05, 0) is 75.5 Å². The molecule has 3 fully saturated rings. The molecule has 0 spiro atoms. The standard InChI is InChI=1S/C38H63N3O7S/c1-10-12-17-26(34(44)29(42)20-13-11-2)21-30(43)33-31-27(38(31,8)9)22-41(33)35(45)32(25-18-15-14-16-19-25)40-36(46)39-28(24(3)4)23-49(47,48)37(5,6)7/h11,24-28,31-33H,2,10,12-23H2,1,3-9H3,(H2,39,40,46)/t26?,27-,28+,31-,32-,33+/m0/s1. The van der Waals surface area contributed by atoms with Gasteiger partial charge in [0.2, 0.25) is 11.7 Å². The van der Waals surface area contributed by atoms with Crippen LogP contribution in [0.4, 0.5) is 4.79 Å². The van der Waals surface area contributed by atoms with Gasteiger partial charge < -0.3 is 15.5 Å². The van der Waals surface area contributed by atoms with Crippen molar-refractivity contribution in [2.24, 2.45) is 35.0 Å². The van der Waals surface area contributed by atoms with Gasteiger partial charge in [-0.1, -0.05) is 72.8 Å². The van der Waals surface area contributed by atoms with Crippen molar-refractivity contribution in [3.8, 4) is 0 Å². The molecule has 1 saturated heterocycles. The van der Waals surface area contributed by atoms with Gasteiger partial charge in [-0.25, -0.2) is 13.2 Å². The third kappa shape index (κ3) is 9.82. The molecule has 3 rings (SSSR count). The van der Waals surface area contributed by atoms with Crippen molar-refractivity contribution in [2.75, 3.05) is 12.3 Å². The number of urea groups is 1. The molecule has 0 aromatic carbocycles. The summed E-state index contributed by atoms with van der Waals surface area (Å²) in [5, 5.41) is 5.82. The smallest absolute Gasteiger partial charge is 0.315 e. The first-order valence-electron chi connectivity index (χ1n) is 18.6. The lowest BCUT2D eigenvalue weighted by Crippen LogP contribution is -2.59. The summed E-state index contributed by atoms with van der Waals surface area (Å²) in [7, 11) is -3.53. The second kappa shape index (κ2) is 16.6. The Kier molecular flexibility index (Phi) is 13.9. The Bertz CT molecular complexity index is 1340. The van der Waals surface area contributed by atoms with Gasteiger partial charge in [-0.15, -0.1) is 6.58 Å². The van der Waals surface area contributed by atoms with Crippen LogP contribution >= 0.6 is 0 Å². The minimum atomic E-state index is -3.53. The number of ketones is 3. The lowest BCUT2D eigenvalue weighted by atomic mass is 9.82. The van der Waals surface area contributed by atoms with Gasteiger partial charge in [-0.3, -0.25) is 19.2 Å². The number of unbranched alkanes of at least 4 members (excludes halogenated alkanes) is 1. The normalized spacial score (nSPS) is 24.0. The predicted octanol–water partition coefficient (Wildman–Crippen LogP) is 5.83. The first kappa shape index (κ1) is 40.9. The summed E-state index contributed by atoms with van der Waals surface area (Å²) in [6.45, 7) is 18.9. The Hall–Kier alpha value is -2.56. The number of hydrogen-bond acceptors (Lipinski definition) is 7.